The molecule has 0 bridgehead atoms. The summed E-state index contributed by atoms with van der Waals surface area (Å²) in [5.41, 5.74) is 1.81. The van der Waals surface area contributed by atoms with Crippen molar-refractivity contribution in [3.8, 4) is 0 Å². The van der Waals surface area contributed by atoms with Crippen LogP contribution >= 0.6 is 0 Å². The maximum absolute atomic E-state index is 12.7. The van der Waals surface area contributed by atoms with E-state index in [1.54, 1.807) is 23.1 Å². The molecule has 0 spiro atoms. The van der Waals surface area contributed by atoms with Crippen LogP contribution in [-0.2, 0) is 10.0 Å². The third-order valence-electron chi connectivity index (χ3n) is 4.18. The molecule has 7 nitrogen and oxygen atoms in total. The van der Waals surface area contributed by atoms with Gasteiger partial charge in [0.05, 0.1) is 5.75 Å². The number of benzene rings is 1. The summed E-state index contributed by atoms with van der Waals surface area (Å²) in [5.74, 6) is 0.0476. The molecule has 0 saturated carbocycles. The Hall–Kier alpha value is -1.93. The van der Waals surface area contributed by atoms with Crippen molar-refractivity contribution in [1.82, 2.24) is 14.2 Å². The Morgan fingerprint density at radius 1 is 1.25 bits per heavy atom. The summed E-state index contributed by atoms with van der Waals surface area (Å²) in [7, 11) is -3.22. The van der Waals surface area contributed by atoms with E-state index in [0.29, 0.717) is 55.7 Å². The van der Waals surface area contributed by atoms with Crippen LogP contribution in [0.25, 0.3) is 11.1 Å². The van der Waals surface area contributed by atoms with E-state index in [9.17, 15) is 13.2 Å². The van der Waals surface area contributed by atoms with Gasteiger partial charge in [-0.15, -0.1) is 0 Å². The minimum absolute atomic E-state index is 0.108. The first-order valence-electron chi connectivity index (χ1n) is 8.11. The summed E-state index contributed by atoms with van der Waals surface area (Å²) in [6.45, 7) is 3.61. The van der Waals surface area contributed by atoms with Crippen molar-refractivity contribution in [1.29, 1.82) is 0 Å². The van der Waals surface area contributed by atoms with E-state index in [2.05, 4.69) is 4.98 Å². The average Bonchev–Trinajstić information content (AvgIpc) is 2.87. The summed E-state index contributed by atoms with van der Waals surface area (Å²) >= 11 is 0. The van der Waals surface area contributed by atoms with Crippen molar-refractivity contribution in [3.05, 3.63) is 30.2 Å². The number of sulfonamides is 1. The Morgan fingerprint density at radius 2 is 2.08 bits per heavy atom. The van der Waals surface area contributed by atoms with E-state index in [1.165, 1.54) is 10.7 Å². The molecule has 0 radical (unpaired) electrons. The molecule has 0 N–H and O–H groups in total. The highest BCUT2D eigenvalue weighted by molar-refractivity contribution is 7.89. The van der Waals surface area contributed by atoms with E-state index in [1.807, 2.05) is 6.92 Å². The minimum Gasteiger partial charge on any atom is -0.443 e. The predicted molar refractivity (Wildman–Crippen MR) is 90.2 cm³/mol. The number of carbonyl (C=O) groups is 1. The summed E-state index contributed by atoms with van der Waals surface area (Å²) in [4.78, 5) is 18.4. The van der Waals surface area contributed by atoms with Crippen molar-refractivity contribution in [2.75, 3.05) is 31.9 Å². The second-order valence-corrected chi connectivity index (χ2v) is 7.98. The predicted octanol–water partition coefficient (Wildman–Crippen LogP) is 1.72. The maximum Gasteiger partial charge on any atom is 0.254 e. The fraction of sp³-hybridized carbons (Fsp3) is 0.500. The van der Waals surface area contributed by atoms with Crippen LogP contribution in [0.3, 0.4) is 0 Å². The Bertz CT molecular complexity index is 831. The molecule has 2 heterocycles. The molecule has 1 saturated heterocycles. The topological polar surface area (TPSA) is 83.7 Å². The van der Waals surface area contributed by atoms with E-state index < -0.39 is 10.0 Å². The first-order chi connectivity index (χ1) is 11.5. The van der Waals surface area contributed by atoms with E-state index in [-0.39, 0.29) is 11.7 Å². The number of carbonyl (C=O) groups excluding carboxylic acids is 1. The highest BCUT2D eigenvalue weighted by atomic mass is 32.2. The molecule has 1 aromatic carbocycles. The van der Waals surface area contributed by atoms with Gasteiger partial charge >= 0.3 is 0 Å². The van der Waals surface area contributed by atoms with E-state index in [4.69, 9.17) is 4.42 Å². The summed E-state index contributed by atoms with van der Waals surface area (Å²) < 4.78 is 31.2. The number of amides is 1. The van der Waals surface area contributed by atoms with Crippen LogP contribution < -0.4 is 0 Å². The fourth-order valence-electron chi connectivity index (χ4n) is 2.93. The van der Waals surface area contributed by atoms with Crippen molar-refractivity contribution in [2.45, 2.75) is 19.8 Å². The lowest BCUT2D eigenvalue weighted by atomic mass is 10.1. The highest BCUT2D eigenvalue weighted by Gasteiger charge is 2.26. The third kappa shape index (κ3) is 3.44. The highest BCUT2D eigenvalue weighted by Crippen LogP contribution is 2.17. The lowest BCUT2D eigenvalue weighted by Gasteiger charge is -2.22. The SMILES string of the molecule is CCCS(=O)(=O)N1CCCN(C(=O)c2ccc3ncoc3c2)CC1. The summed E-state index contributed by atoms with van der Waals surface area (Å²) in [6.07, 6.45) is 2.58. The molecule has 8 heteroatoms. The minimum atomic E-state index is -3.22. The average molecular weight is 351 g/mol. The molecule has 3 rings (SSSR count). The van der Waals surface area contributed by atoms with Gasteiger partial charge < -0.3 is 9.32 Å². The van der Waals surface area contributed by atoms with Crippen LogP contribution in [0, 0.1) is 0 Å². The molecular weight excluding hydrogens is 330 g/mol. The van der Waals surface area contributed by atoms with Crippen molar-refractivity contribution < 1.29 is 17.6 Å². The number of nitrogens with zero attached hydrogens (tertiary/aromatic N) is 3. The molecule has 24 heavy (non-hydrogen) atoms. The molecule has 1 aliphatic rings. The lowest BCUT2D eigenvalue weighted by molar-refractivity contribution is 0.0764. The van der Waals surface area contributed by atoms with Crippen LogP contribution in [0.2, 0.25) is 0 Å². The molecule has 0 atom stereocenters. The van der Waals surface area contributed by atoms with Crippen LogP contribution in [0.4, 0.5) is 0 Å². The molecule has 2 aromatic rings. The van der Waals surface area contributed by atoms with E-state index >= 15 is 0 Å². The molecular formula is C16H21N3O4S. The van der Waals surface area contributed by atoms with Crippen molar-refractivity contribution in [3.63, 3.8) is 0 Å². The standard InChI is InChI=1S/C16H21N3O4S/c1-2-10-24(21,22)19-7-3-6-18(8-9-19)16(20)13-4-5-14-15(11-13)23-12-17-14/h4-5,11-12H,2-3,6-10H2,1H3. The summed E-state index contributed by atoms with van der Waals surface area (Å²) in [5, 5.41) is 0. The number of rotatable bonds is 4. The van der Waals surface area contributed by atoms with Gasteiger partial charge in [-0.25, -0.2) is 17.7 Å². The van der Waals surface area contributed by atoms with E-state index in [0.717, 1.165) is 0 Å². The normalized spacial score (nSPS) is 17.1. The van der Waals surface area contributed by atoms with Gasteiger partial charge in [-0.05, 0) is 31.0 Å². The number of aromatic nitrogens is 1. The number of fused-ring (bicyclic) bond motifs is 1. The Labute approximate surface area is 141 Å². The molecule has 1 amide bonds. The number of hydrogen-bond donors (Lipinski definition) is 0. The van der Waals surface area contributed by atoms with Crippen molar-refractivity contribution >= 4 is 27.0 Å². The quantitative estimate of drug-likeness (QED) is 0.837. The lowest BCUT2D eigenvalue weighted by Crippen LogP contribution is -2.38. The van der Waals surface area contributed by atoms with Gasteiger partial charge in [0.1, 0.15) is 5.52 Å². The van der Waals surface area contributed by atoms with Gasteiger partial charge in [0.25, 0.3) is 5.91 Å². The molecule has 1 fully saturated rings. The van der Waals surface area contributed by atoms with Crippen molar-refractivity contribution in [2.24, 2.45) is 0 Å². The molecule has 0 unspecified atom stereocenters. The molecule has 0 aliphatic carbocycles. The second-order valence-electron chi connectivity index (χ2n) is 5.90. The zero-order valence-electron chi connectivity index (χ0n) is 13.6. The molecule has 1 aromatic heterocycles. The first-order valence-corrected chi connectivity index (χ1v) is 9.72. The van der Waals surface area contributed by atoms with Gasteiger partial charge in [-0.2, -0.15) is 0 Å². The Morgan fingerprint density at radius 3 is 2.88 bits per heavy atom. The number of hydrogen-bond acceptors (Lipinski definition) is 5. The largest absolute Gasteiger partial charge is 0.443 e. The van der Waals surface area contributed by atoms with Crippen LogP contribution in [-0.4, -0.2) is 60.4 Å². The Kier molecular flexibility index (Phi) is 4.86. The number of oxazole rings is 1. The fourth-order valence-corrected chi connectivity index (χ4v) is 4.47. The first kappa shape index (κ1) is 16.9. The van der Waals surface area contributed by atoms with Gasteiger partial charge in [-0.3, -0.25) is 4.79 Å². The van der Waals surface area contributed by atoms with Gasteiger partial charge in [0, 0.05) is 31.7 Å². The zero-order valence-corrected chi connectivity index (χ0v) is 14.5. The van der Waals surface area contributed by atoms with Crippen LogP contribution in [0.1, 0.15) is 30.1 Å². The monoisotopic (exact) mass is 351 g/mol. The Balaban J connectivity index is 1.72. The zero-order chi connectivity index (χ0) is 17.2. The van der Waals surface area contributed by atoms with Crippen LogP contribution in [0.15, 0.2) is 29.0 Å². The second kappa shape index (κ2) is 6.90. The third-order valence-corrected chi connectivity index (χ3v) is 6.25. The summed E-state index contributed by atoms with van der Waals surface area (Å²) in [6, 6.07) is 5.16. The van der Waals surface area contributed by atoms with Crippen LogP contribution in [0.5, 0.6) is 0 Å². The van der Waals surface area contributed by atoms with Gasteiger partial charge in [-0.1, -0.05) is 6.92 Å². The van der Waals surface area contributed by atoms with Gasteiger partial charge in [0.15, 0.2) is 12.0 Å². The molecule has 130 valence electrons. The smallest absolute Gasteiger partial charge is 0.254 e. The maximum atomic E-state index is 12.7. The van der Waals surface area contributed by atoms with Gasteiger partial charge in [0.2, 0.25) is 10.0 Å². The molecule has 1 aliphatic heterocycles.